The largest absolute Gasteiger partial charge is 0.494 e. The number of benzene rings is 2. The maximum atomic E-state index is 14.6. The van der Waals surface area contributed by atoms with E-state index in [2.05, 4.69) is 37.0 Å². The number of rotatable bonds is 9. The number of carbonyl (C=O) groups excluding carboxylic acids is 1. The smallest absolute Gasteiger partial charge is 0.247 e. The van der Waals surface area contributed by atoms with E-state index in [4.69, 9.17) is 9.57 Å². The van der Waals surface area contributed by atoms with Crippen LogP contribution >= 0.6 is 0 Å². The number of hydroxylamine groups is 1. The summed E-state index contributed by atoms with van der Waals surface area (Å²) in [5.41, 5.74) is 2.23. The van der Waals surface area contributed by atoms with Crippen molar-refractivity contribution < 1.29 is 23.1 Å². The van der Waals surface area contributed by atoms with Gasteiger partial charge in [-0.25, -0.2) is 23.8 Å². The van der Waals surface area contributed by atoms with E-state index in [0.717, 1.165) is 37.9 Å². The first-order valence-electron chi connectivity index (χ1n) is 14.0. The maximum Gasteiger partial charge on any atom is 0.247 e. The monoisotopic (exact) mass is 577 g/mol. The molecular formula is C30H33F2N7O3. The zero-order valence-electron chi connectivity index (χ0n) is 23.4. The van der Waals surface area contributed by atoms with Gasteiger partial charge in [-0.05, 0) is 31.1 Å². The van der Waals surface area contributed by atoms with Crippen molar-refractivity contribution in [3.8, 4) is 5.75 Å². The predicted octanol–water partition coefficient (Wildman–Crippen LogP) is 4.80. The second kappa shape index (κ2) is 11.9. The van der Waals surface area contributed by atoms with Gasteiger partial charge in [0.15, 0.2) is 17.5 Å². The molecule has 6 rings (SSSR count). The fraction of sp³-hybridized carbons (Fsp3) is 0.367. The zero-order chi connectivity index (χ0) is 29.2. The van der Waals surface area contributed by atoms with Crippen LogP contribution in [0.2, 0.25) is 0 Å². The summed E-state index contributed by atoms with van der Waals surface area (Å²) in [5, 5.41) is 7.67. The Balaban J connectivity index is 1.27. The number of hydrogen-bond donors (Lipinski definition) is 2. The number of anilines is 5. The quantitative estimate of drug-likeness (QED) is 0.348. The molecule has 220 valence electrons. The summed E-state index contributed by atoms with van der Waals surface area (Å²) < 4.78 is 34.3. The van der Waals surface area contributed by atoms with Crippen molar-refractivity contribution in [3.63, 3.8) is 0 Å². The van der Waals surface area contributed by atoms with Crippen molar-refractivity contribution in [1.82, 2.24) is 14.9 Å². The molecule has 2 N–H and O–H groups in total. The first kappa shape index (κ1) is 27.9. The SMILES string of the molecule is C=CC(=O)Nc1cc(Nc2cc(N3OCCC3c3cccc(F)c3F)ncn2)c(OC)cc1N1CCN(C2CC2)CC1. The van der Waals surface area contributed by atoms with Gasteiger partial charge in [0, 0.05) is 56.3 Å². The maximum absolute atomic E-state index is 14.6. The molecule has 1 aliphatic carbocycles. The summed E-state index contributed by atoms with van der Waals surface area (Å²) in [6.45, 7) is 7.51. The van der Waals surface area contributed by atoms with E-state index in [9.17, 15) is 13.6 Å². The van der Waals surface area contributed by atoms with Gasteiger partial charge in [0.25, 0.3) is 0 Å². The summed E-state index contributed by atoms with van der Waals surface area (Å²) in [6, 6.07) is 9.63. The topological polar surface area (TPSA) is 95.1 Å². The molecule has 42 heavy (non-hydrogen) atoms. The van der Waals surface area contributed by atoms with Gasteiger partial charge in [0.2, 0.25) is 5.91 Å². The third-order valence-corrected chi connectivity index (χ3v) is 7.87. The molecule has 1 saturated carbocycles. The van der Waals surface area contributed by atoms with Gasteiger partial charge in [-0.3, -0.25) is 14.5 Å². The average molecular weight is 578 g/mol. The second-order valence-electron chi connectivity index (χ2n) is 10.5. The molecule has 10 nitrogen and oxygen atoms in total. The van der Waals surface area contributed by atoms with Crippen molar-refractivity contribution in [2.45, 2.75) is 31.3 Å². The summed E-state index contributed by atoms with van der Waals surface area (Å²) in [7, 11) is 1.58. The molecule has 3 fully saturated rings. The normalized spacial score (nSPS) is 19.1. The number of nitrogens with zero attached hydrogens (tertiary/aromatic N) is 5. The average Bonchev–Trinajstić information content (AvgIpc) is 3.75. The first-order valence-corrected chi connectivity index (χ1v) is 14.0. The molecule has 0 spiro atoms. The van der Waals surface area contributed by atoms with Crippen LogP contribution in [0.5, 0.6) is 5.75 Å². The van der Waals surface area contributed by atoms with E-state index in [-0.39, 0.29) is 11.5 Å². The summed E-state index contributed by atoms with van der Waals surface area (Å²) in [4.78, 5) is 31.6. The van der Waals surface area contributed by atoms with Crippen LogP contribution in [-0.4, -0.2) is 66.7 Å². The molecule has 2 saturated heterocycles. The molecule has 0 radical (unpaired) electrons. The zero-order valence-corrected chi connectivity index (χ0v) is 23.4. The van der Waals surface area contributed by atoms with Crippen LogP contribution in [0.1, 0.15) is 30.9 Å². The highest BCUT2D eigenvalue weighted by Crippen LogP contribution is 2.40. The highest BCUT2D eigenvalue weighted by atomic mass is 19.2. The summed E-state index contributed by atoms with van der Waals surface area (Å²) in [5.74, 6) is -0.789. The number of methoxy groups -OCH3 is 1. The Morgan fingerprint density at radius 3 is 2.64 bits per heavy atom. The van der Waals surface area contributed by atoms with Crippen LogP contribution < -0.4 is 25.3 Å². The Morgan fingerprint density at radius 1 is 1.10 bits per heavy atom. The van der Waals surface area contributed by atoms with Gasteiger partial charge in [-0.15, -0.1) is 0 Å². The van der Waals surface area contributed by atoms with Crippen molar-refractivity contribution in [1.29, 1.82) is 0 Å². The molecule has 3 heterocycles. The third kappa shape index (κ3) is 5.72. The minimum absolute atomic E-state index is 0.193. The predicted molar refractivity (Wildman–Crippen MR) is 156 cm³/mol. The lowest BCUT2D eigenvalue weighted by Gasteiger charge is -2.37. The highest BCUT2D eigenvalue weighted by molar-refractivity contribution is 6.02. The van der Waals surface area contributed by atoms with E-state index in [0.29, 0.717) is 47.8 Å². The van der Waals surface area contributed by atoms with Crippen LogP contribution in [0, 0.1) is 11.6 Å². The minimum Gasteiger partial charge on any atom is -0.494 e. The molecule has 3 aromatic rings. The van der Waals surface area contributed by atoms with Crippen LogP contribution in [0.15, 0.2) is 55.4 Å². The van der Waals surface area contributed by atoms with E-state index in [1.165, 1.54) is 36.4 Å². The molecule has 1 atom stereocenters. The van der Waals surface area contributed by atoms with Crippen molar-refractivity contribution in [3.05, 3.63) is 72.6 Å². The molecule has 0 bridgehead atoms. The lowest BCUT2D eigenvalue weighted by molar-refractivity contribution is -0.111. The summed E-state index contributed by atoms with van der Waals surface area (Å²) >= 11 is 0. The van der Waals surface area contributed by atoms with Gasteiger partial charge in [-0.2, -0.15) is 0 Å². The van der Waals surface area contributed by atoms with Crippen LogP contribution in [-0.2, 0) is 9.63 Å². The third-order valence-electron chi connectivity index (χ3n) is 7.87. The Bertz CT molecular complexity index is 1480. The fourth-order valence-electron chi connectivity index (χ4n) is 5.58. The highest BCUT2D eigenvalue weighted by Gasteiger charge is 2.33. The molecular weight excluding hydrogens is 544 g/mol. The van der Waals surface area contributed by atoms with Crippen LogP contribution in [0.4, 0.5) is 37.5 Å². The molecule has 3 aliphatic rings. The molecule has 12 heteroatoms. The number of piperazine rings is 1. The lowest BCUT2D eigenvalue weighted by Crippen LogP contribution is -2.47. The van der Waals surface area contributed by atoms with E-state index >= 15 is 0 Å². The number of amides is 1. The van der Waals surface area contributed by atoms with E-state index in [1.807, 2.05) is 12.1 Å². The molecule has 1 unspecified atom stereocenters. The van der Waals surface area contributed by atoms with E-state index in [1.54, 1.807) is 19.2 Å². The van der Waals surface area contributed by atoms with E-state index < -0.39 is 17.7 Å². The standard InChI is InChI=1S/C30H33F2N7O3/c1-3-29(40)36-22-15-23(26(41-2)16-25(22)38-12-10-37(11-13-38)19-7-8-19)35-27-17-28(34-18-33-27)39-24(9-14-42-39)20-5-4-6-21(31)30(20)32/h3-6,15-19,24H,1,7-14H2,2H3,(H,36,40)(H,33,34,35). The molecule has 1 aromatic heterocycles. The lowest BCUT2D eigenvalue weighted by atomic mass is 10.0. The number of carbonyl (C=O) groups is 1. The minimum atomic E-state index is -0.913. The number of ether oxygens (including phenoxy) is 1. The molecule has 2 aromatic carbocycles. The first-order chi connectivity index (χ1) is 20.4. The Labute approximate surface area is 242 Å². The Kier molecular flexibility index (Phi) is 7.90. The molecule has 2 aliphatic heterocycles. The van der Waals surface area contributed by atoms with Crippen molar-refractivity contribution >= 4 is 34.6 Å². The van der Waals surface area contributed by atoms with Crippen molar-refractivity contribution in [2.24, 2.45) is 0 Å². The van der Waals surface area contributed by atoms with Gasteiger partial charge in [0.1, 0.15) is 17.9 Å². The van der Waals surface area contributed by atoms with Gasteiger partial charge < -0.3 is 20.3 Å². The number of halogens is 2. The molecule has 1 amide bonds. The van der Waals surface area contributed by atoms with Crippen molar-refractivity contribution in [2.75, 3.05) is 60.5 Å². The fourth-order valence-corrected chi connectivity index (χ4v) is 5.58. The van der Waals surface area contributed by atoms with Gasteiger partial charge in [0.05, 0.1) is 36.8 Å². The Morgan fingerprint density at radius 2 is 1.90 bits per heavy atom. The number of hydrogen-bond acceptors (Lipinski definition) is 9. The number of nitrogens with one attached hydrogen (secondary N) is 2. The number of aromatic nitrogens is 2. The van der Waals surface area contributed by atoms with Gasteiger partial charge >= 0.3 is 0 Å². The van der Waals surface area contributed by atoms with Crippen LogP contribution in [0.25, 0.3) is 0 Å². The summed E-state index contributed by atoms with van der Waals surface area (Å²) in [6.07, 6.45) is 5.59. The second-order valence-corrected chi connectivity index (χ2v) is 10.5. The van der Waals surface area contributed by atoms with Gasteiger partial charge in [-0.1, -0.05) is 18.7 Å². The van der Waals surface area contributed by atoms with Crippen LogP contribution in [0.3, 0.4) is 0 Å². The Hall–Kier alpha value is -4.29.